The van der Waals surface area contributed by atoms with Crippen LogP contribution in [0.5, 0.6) is 0 Å². The van der Waals surface area contributed by atoms with Gasteiger partial charge in [0, 0.05) is 0 Å². The minimum absolute atomic E-state index is 0.130. The van der Waals surface area contributed by atoms with Crippen molar-refractivity contribution in [3.05, 3.63) is 60.7 Å². The molecule has 0 bridgehead atoms. The molecule has 0 aliphatic heterocycles. The molecule has 0 unspecified atom stereocenters. The van der Waals surface area contributed by atoms with E-state index in [1.807, 2.05) is 65.7 Å². The summed E-state index contributed by atoms with van der Waals surface area (Å²) in [7, 11) is 0. The first-order chi connectivity index (χ1) is 9.24. The molecule has 0 saturated carbocycles. The quantitative estimate of drug-likeness (QED) is 0.512. The van der Waals surface area contributed by atoms with E-state index in [9.17, 15) is 0 Å². The van der Waals surface area contributed by atoms with E-state index in [4.69, 9.17) is 17.7 Å². The predicted molar refractivity (Wildman–Crippen MR) is 84.1 cm³/mol. The van der Waals surface area contributed by atoms with Crippen molar-refractivity contribution in [1.29, 1.82) is 5.53 Å². The minimum atomic E-state index is 0.130. The van der Waals surface area contributed by atoms with Crippen molar-refractivity contribution in [2.75, 3.05) is 8.01 Å². The van der Waals surface area contributed by atoms with E-state index in [0.717, 1.165) is 11.4 Å². The molecule has 94 valence electrons. The van der Waals surface area contributed by atoms with Crippen LogP contribution in [0.25, 0.3) is 0 Å². The van der Waals surface area contributed by atoms with Crippen molar-refractivity contribution in [3.63, 3.8) is 0 Å². The molecule has 0 amide bonds. The molecule has 2 aromatic carbocycles. The second-order valence-electron chi connectivity index (χ2n) is 3.90. The van der Waals surface area contributed by atoms with Gasteiger partial charge in [0.1, 0.15) is 0 Å². The van der Waals surface area contributed by atoms with E-state index in [1.54, 1.807) is 0 Å². The van der Waals surface area contributed by atoms with Crippen LogP contribution in [0, 0.1) is 5.53 Å². The van der Waals surface area contributed by atoms with E-state index in [0.29, 0.717) is 0 Å². The van der Waals surface area contributed by atoms with Crippen LogP contribution < -0.4 is 8.01 Å². The van der Waals surface area contributed by atoms with E-state index in [1.165, 1.54) is 0 Å². The first-order valence-electron chi connectivity index (χ1n) is 5.79. The fraction of sp³-hybridized carbons (Fsp3) is 0. The van der Waals surface area contributed by atoms with Crippen molar-refractivity contribution in [3.8, 4) is 0 Å². The summed E-state index contributed by atoms with van der Waals surface area (Å²) in [6, 6.07) is 19.8. The number of hydrogen-bond donors (Lipinski definition) is 1. The number of hydrazine groups is 1. The van der Waals surface area contributed by atoms with Gasteiger partial charge in [-0.1, -0.05) is 0 Å². The zero-order chi connectivity index (χ0) is 13.7. The van der Waals surface area contributed by atoms with Crippen LogP contribution in [0.4, 0.5) is 11.4 Å². The first-order valence-corrected chi connectivity index (χ1v) is 8.75. The van der Waals surface area contributed by atoms with Gasteiger partial charge in [-0.05, 0) is 0 Å². The van der Waals surface area contributed by atoms with Crippen molar-refractivity contribution in [1.82, 2.24) is 0 Å². The van der Waals surface area contributed by atoms with Gasteiger partial charge in [0.15, 0.2) is 0 Å². The Kier molecular flexibility index (Phi) is 4.93. The van der Waals surface area contributed by atoms with Crippen molar-refractivity contribution < 1.29 is 0 Å². The average molecular weight is 372 g/mol. The number of hydrogen-bond acceptors (Lipinski definition) is 3. The Bertz CT molecular complexity index is 561. The van der Waals surface area contributed by atoms with Crippen LogP contribution in [-0.2, 0) is 0 Å². The van der Waals surface area contributed by atoms with Gasteiger partial charge >= 0.3 is 133 Å². The normalized spacial score (nSPS) is 9.68. The van der Waals surface area contributed by atoms with Crippen LogP contribution in [-0.4, -0.2) is 29.8 Å². The summed E-state index contributed by atoms with van der Waals surface area (Å²) >= 11 is 5.33. The fourth-order valence-corrected chi connectivity index (χ4v) is 4.48. The summed E-state index contributed by atoms with van der Waals surface area (Å²) in [4.78, 5) is 0. The number of thiocarbonyl (C=S) groups is 1. The first kappa shape index (κ1) is 14.0. The van der Waals surface area contributed by atoms with E-state index >= 15 is 0 Å². The Morgan fingerprint density at radius 3 is 1.89 bits per heavy atom. The molecule has 0 fully saturated rings. The summed E-state index contributed by atoms with van der Waals surface area (Å²) in [6.07, 6.45) is 0. The van der Waals surface area contributed by atoms with E-state index in [2.05, 4.69) is 8.11 Å². The van der Waals surface area contributed by atoms with Gasteiger partial charge in [0.2, 0.25) is 0 Å². The van der Waals surface area contributed by atoms with Crippen molar-refractivity contribution in [2.24, 2.45) is 5.11 Å². The molecule has 0 spiro atoms. The molecule has 2 aromatic rings. The van der Waals surface area contributed by atoms with Crippen LogP contribution in [0.3, 0.4) is 0 Å². The Morgan fingerprint density at radius 1 is 0.947 bits per heavy atom. The zero-order valence-electron chi connectivity index (χ0n) is 10.5. The number of nitrogens with one attached hydrogen (secondary N) is 1. The third-order valence-electron chi connectivity index (χ3n) is 2.71. The monoisotopic (exact) mass is 372 g/mol. The maximum atomic E-state index is 7.18. The Morgan fingerprint density at radius 2 is 1.42 bits per heavy atom. The van der Waals surface area contributed by atoms with Crippen molar-refractivity contribution >= 4 is 53.4 Å². The van der Waals surface area contributed by atoms with E-state index in [-0.39, 0.29) is 29.8 Å². The summed E-state index contributed by atoms with van der Waals surface area (Å²) in [5, 5.41) is 5.47. The number of rotatable bonds is 3. The standard InChI is InChI=1S/C13H11N4S.In.2H/c14-15-13(18)17(12-9-5-2-6-10-12)16-11-7-3-1-4-8-11;;;/h1-10,14H;;;/q-1;+1;;. The number of para-hydroxylation sites is 2. The Balaban J connectivity index is 2.39. The second-order valence-corrected chi connectivity index (χ2v) is 6.68. The van der Waals surface area contributed by atoms with Gasteiger partial charge in [0.05, 0.1) is 0 Å². The van der Waals surface area contributed by atoms with E-state index < -0.39 is 0 Å². The molecule has 0 radical (unpaired) electrons. The molecule has 4 nitrogen and oxygen atoms in total. The van der Waals surface area contributed by atoms with Crippen LogP contribution in [0.2, 0.25) is 0 Å². The van der Waals surface area contributed by atoms with Crippen LogP contribution in [0.1, 0.15) is 0 Å². The summed E-state index contributed by atoms with van der Waals surface area (Å²) in [5.74, 6) is 0. The third kappa shape index (κ3) is 3.33. The van der Waals surface area contributed by atoms with Gasteiger partial charge < -0.3 is 0 Å². The van der Waals surface area contributed by atoms with Gasteiger partial charge in [-0.25, -0.2) is 0 Å². The summed E-state index contributed by atoms with van der Waals surface area (Å²) in [6.45, 7) is 0. The Hall–Kier alpha value is -1.40. The molecule has 0 aliphatic carbocycles. The van der Waals surface area contributed by atoms with Crippen molar-refractivity contribution in [2.45, 2.75) is 0 Å². The molecule has 19 heavy (non-hydrogen) atoms. The molecular weight excluding hydrogens is 359 g/mol. The summed E-state index contributed by atoms with van der Waals surface area (Å²) in [5.41, 5.74) is 9.17. The molecule has 2 rings (SSSR count). The zero-order valence-corrected chi connectivity index (χ0v) is 17.0. The maximum absolute atomic E-state index is 7.18. The molecule has 0 aromatic heterocycles. The topological polar surface area (TPSA) is 42.7 Å². The predicted octanol–water partition coefficient (Wildman–Crippen LogP) is 2.78. The molecule has 0 saturated heterocycles. The average Bonchev–Trinajstić information content (AvgIpc) is 2.49. The number of anilines is 2. The number of benzene rings is 2. The molecule has 0 atom stereocenters. The van der Waals surface area contributed by atoms with Crippen LogP contribution in [0.15, 0.2) is 65.8 Å². The SMILES string of the molecule is N=NC(=S)N(c1ccccc1)[N]([InH2])c1ccccc1. The Labute approximate surface area is 132 Å². The molecule has 0 heterocycles. The van der Waals surface area contributed by atoms with Crippen LogP contribution >= 0.6 is 12.2 Å². The van der Waals surface area contributed by atoms with Gasteiger partial charge in [-0.15, -0.1) is 0 Å². The molecule has 1 N–H and O–H groups in total. The molecular formula is C13H13InN4S. The molecule has 0 aliphatic rings. The number of nitrogens with zero attached hydrogens (tertiary/aromatic N) is 3. The fourth-order valence-electron chi connectivity index (χ4n) is 1.79. The van der Waals surface area contributed by atoms with Gasteiger partial charge in [-0.3, -0.25) is 0 Å². The third-order valence-corrected chi connectivity index (χ3v) is 5.59. The summed E-state index contributed by atoms with van der Waals surface area (Å²) < 4.78 is 2.08. The van der Waals surface area contributed by atoms with Gasteiger partial charge in [-0.2, -0.15) is 0 Å². The van der Waals surface area contributed by atoms with Gasteiger partial charge in [0.25, 0.3) is 0 Å². The molecule has 6 heteroatoms. The second kappa shape index (κ2) is 6.68.